The SMILES string of the molecule is COc1ccccc1NC(=O)CSc1ncnc2c1cnn2-c1ccc(C)cc1. The standard InChI is InChI=1S/C21H19N5O2S/c1-14-7-9-15(10-8-14)26-20-16(11-24-26)21(23-13-22-20)29-12-19(27)25-17-5-3-4-6-18(17)28-2/h3-11,13H,12H2,1-2H3,(H,25,27). The van der Waals surface area contributed by atoms with Crippen molar-refractivity contribution in [3.05, 3.63) is 66.6 Å². The molecular weight excluding hydrogens is 386 g/mol. The van der Waals surface area contributed by atoms with Gasteiger partial charge in [0.1, 0.15) is 17.1 Å². The van der Waals surface area contributed by atoms with Crippen LogP contribution in [-0.4, -0.2) is 38.5 Å². The summed E-state index contributed by atoms with van der Waals surface area (Å²) in [6, 6.07) is 15.4. The van der Waals surface area contributed by atoms with Crippen molar-refractivity contribution < 1.29 is 9.53 Å². The number of nitrogens with one attached hydrogen (secondary N) is 1. The minimum atomic E-state index is -0.141. The number of rotatable bonds is 6. The molecular formula is C21H19N5O2S. The van der Waals surface area contributed by atoms with Crippen molar-refractivity contribution in [3.63, 3.8) is 0 Å². The van der Waals surface area contributed by atoms with Gasteiger partial charge in [0.25, 0.3) is 0 Å². The number of carbonyl (C=O) groups excluding carboxylic acids is 1. The lowest BCUT2D eigenvalue weighted by molar-refractivity contribution is -0.113. The second-order valence-corrected chi connectivity index (χ2v) is 7.31. The lowest BCUT2D eigenvalue weighted by atomic mass is 10.2. The summed E-state index contributed by atoms with van der Waals surface area (Å²) in [5.41, 5.74) is 3.45. The van der Waals surface area contributed by atoms with Crippen molar-refractivity contribution in [2.45, 2.75) is 11.9 Å². The van der Waals surface area contributed by atoms with Gasteiger partial charge in [0.2, 0.25) is 5.91 Å². The Morgan fingerprint density at radius 2 is 1.93 bits per heavy atom. The first kappa shape index (κ1) is 18.9. The van der Waals surface area contributed by atoms with E-state index in [9.17, 15) is 4.79 Å². The summed E-state index contributed by atoms with van der Waals surface area (Å²) in [7, 11) is 1.57. The fraction of sp³-hybridized carbons (Fsp3) is 0.143. The number of methoxy groups -OCH3 is 1. The Bertz CT molecular complexity index is 1160. The summed E-state index contributed by atoms with van der Waals surface area (Å²) in [4.78, 5) is 21.1. The van der Waals surface area contributed by atoms with Gasteiger partial charge in [-0.2, -0.15) is 5.10 Å². The van der Waals surface area contributed by atoms with Crippen LogP contribution in [0, 0.1) is 6.92 Å². The quantitative estimate of drug-likeness (QED) is 0.387. The van der Waals surface area contributed by atoms with Gasteiger partial charge in [0.15, 0.2) is 5.65 Å². The number of benzene rings is 2. The number of hydrogen-bond donors (Lipinski definition) is 1. The molecule has 0 aliphatic heterocycles. The molecule has 0 fully saturated rings. The first-order valence-corrected chi connectivity index (χ1v) is 9.95. The average Bonchev–Trinajstić information content (AvgIpc) is 3.18. The highest BCUT2D eigenvalue weighted by Crippen LogP contribution is 2.27. The summed E-state index contributed by atoms with van der Waals surface area (Å²) < 4.78 is 7.04. The Morgan fingerprint density at radius 1 is 1.14 bits per heavy atom. The van der Waals surface area contributed by atoms with Crippen LogP contribution in [0.1, 0.15) is 5.56 Å². The predicted octanol–water partition coefficient (Wildman–Crippen LogP) is 3.86. The highest BCUT2D eigenvalue weighted by molar-refractivity contribution is 8.00. The molecule has 2 heterocycles. The number of para-hydroxylation sites is 2. The molecule has 1 N–H and O–H groups in total. The normalized spacial score (nSPS) is 10.8. The smallest absolute Gasteiger partial charge is 0.234 e. The van der Waals surface area contributed by atoms with E-state index >= 15 is 0 Å². The molecule has 29 heavy (non-hydrogen) atoms. The van der Waals surface area contributed by atoms with Crippen molar-refractivity contribution in [1.29, 1.82) is 0 Å². The maximum Gasteiger partial charge on any atom is 0.234 e. The number of aryl methyl sites for hydroxylation is 1. The van der Waals surface area contributed by atoms with Crippen LogP contribution >= 0.6 is 11.8 Å². The first-order valence-electron chi connectivity index (χ1n) is 8.97. The molecule has 4 aromatic rings. The maximum atomic E-state index is 12.4. The van der Waals surface area contributed by atoms with Gasteiger partial charge >= 0.3 is 0 Å². The maximum absolute atomic E-state index is 12.4. The Balaban J connectivity index is 1.51. The Kier molecular flexibility index (Phi) is 5.44. The van der Waals surface area contributed by atoms with E-state index in [0.29, 0.717) is 22.1 Å². The van der Waals surface area contributed by atoms with Gasteiger partial charge in [-0.3, -0.25) is 4.79 Å². The van der Waals surface area contributed by atoms with Crippen LogP contribution in [0.4, 0.5) is 5.69 Å². The Morgan fingerprint density at radius 3 is 2.72 bits per heavy atom. The molecule has 2 aromatic carbocycles. The minimum absolute atomic E-state index is 0.141. The van der Waals surface area contributed by atoms with Gasteiger partial charge in [-0.05, 0) is 31.2 Å². The number of fused-ring (bicyclic) bond motifs is 1. The highest BCUT2D eigenvalue weighted by atomic mass is 32.2. The third-order valence-corrected chi connectivity index (χ3v) is 5.33. The van der Waals surface area contributed by atoms with Crippen molar-refractivity contribution in [2.24, 2.45) is 0 Å². The minimum Gasteiger partial charge on any atom is -0.495 e. The molecule has 1 amide bonds. The Hall–Kier alpha value is -3.39. The zero-order valence-electron chi connectivity index (χ0n) is 16.0. The van der Waals surface area contributed by atoms with Crippen LogP contribution in [0.15, 0.2) is 66.1 Å². The number of nitrogens with zero attached hydrogens (tertiary/aromatic N) is 4. The third kappa shape index (κ3) is 4.07. The molecule has 0 unspecified atom stereocenters. The van der Waals surface area contributed by atoms with E-state index in [1.165, 1.54) is 23.7 Å². The zero-order chi connectivity index (χ0) is 20.2. The molecule has 0 saturated carbocycles. The van der Waals surface area contributed by atoms with Gasteiger partial charge in [-0.1, -0.05) is 41.6 Å². The number of hydrogen-bond acceptors (Lipinski definition) is 6. The second-order valence-electron chi connectivity index (χ2n) is 6.35. The molecule has 0 spiro atoms. The number of ether oxygens (including phenoxy) is 1. The largest absolute Gasteiger partial charge is 0.495 e. The Labute approximate surface area is 172 Å². The van der Waals surface area contributed by atoms with Crippen LogP contribution in [0.5, 0.6) is 5.75 Å². The molecule has 0 saturated heterocycles. The third-order valence-electron chi connectivity index (χ3n) is 4.33. The number of aromatic nitrogens is 4. The first-order chi connectivity index (χ1) is 14.2. The number of thioether (sulfide) groups is 1. The molecule has 0 bridgehead atoms. The van der Waals surface area contributed by atoms with Gasteiger partial charge < -0.3 is 10.1 Å². The molecule has 2 aromatic heterocycles. The van der Waals surface area contributed by atoms with Crippen molar-refractivity contribution in [1.82, 2.24) is 19.7 Å². The number of carbonyl (C=O) groups is 1. The topological polar surface area (TPSA) is 81.9 Å². The van der Waals surface area contributed by atoms with Crippen LogP contribution in [0.3, 0.4) is 0 Å². The molecule has 8 heteroatoms. The summed E-state index contributed by atoms with van der Waals surface area (Å²) in [6.07, 6.45) is 3.23. The molecule has 4 rings (SSSR count). The zero-order valence-corrected chi connectivity index (χ0v) is 16.8. The fourth-order valence-electron chi connectivity index (χ4n) is 2.88. The van der Waals surface area contributed by atoms with E-state index in [-0.39, 0.29) is 11.7 Å². The average molecular weight is 405 g/mol. The molecule has 0 atom stereocenters. The van der Waals surface area contributed by atoms with Gasteiger partial charge in [-0.25, -0.2) is 14.6 Å². The van der Waals surface area contributed by atoms with Crippen molar-refractivity contribution >= 4 is 34.4 Å². The molecule has 0 aliphatic carbocycles. The van der Waals surface area contributed by atoms with Crippen LogP contribution < -0.4 is 10.1 Å². The molecule has 0 aliphatic rings. The summed E-state index contributed by atoms with van der Waals surface area (Å²) >= 11 is 1.34. The molecule has 0 radical (unpaired) electrons. The monoisotopic (exact) mass is 405 g/mol. The van der Waals surface area contributed by atoms with E-state index in [1.54, 1.807) is 30.1 Å². The lowest BCUT2D eigenvalue weighted by Crippen LogP contribution is -2.14. The summed E-state index contributed by atoms with van der Waals surface area (Å²) in [5.74, 6) is 0.687. The predicted molar refractivity (Wildman–Crippen MR) is 114 cm³/mol. The van der Waals surface area contributed by atoms with Crippen LogP contribution in [0.25, 0.3) is 16.7 Å². The summed E-state index contributed by atoms with van der Waals surface area (Å²) in [5, 5.41) is 8.84. The molecule has 146 valence electrons. The van der Waals surface area contributed by atoms with E-state index in [1.807, 2.05) is 43.3 Å². The van der Waals surface area contributed by atoms with E-state index in [0.717, 1.165) is 11.1 Å². The van der Waals surface area contributed by atoms with E-state index in [4.69, 9.17) is 4.74 Å². The van der Waals surface area contributed by atoms with Crippen LogP contribution in [-0.2, 0) is 4.79 Å². The molecule has 7 nitrogen and oxygen atoms in total. The van der Waals surface area contributed by atoms with E-state index < -0.39 is 0 Å². The summed E-state index contributed by atoms with van der Waals surface area (Å²) in [6.45, 7) is 2.04. The second kappa shape index (κ2) is 8.32. The van der Waals surface area contributed by atoms with E-state index in [2.05, 4.69) is 20.4 Å². The lowest BCUT2D eigenvalue weighted by Gasteiger charge is -2.09. The van der Waals surface area contributed by atoms with Gasteiger partial charge in [-0.15, -0.1) is 0 Å². The van der Waals surface area contributed by atoms with Crippen LogP contribution in [0.2, 0.25) is 0 Å². The van der Waals surface area contributed by atoms with Gasteiger partial charge in [0, 0.05) is 0 Å². The highest BCUT2D eigenvalue weighted by Gasteiger charge is 2.14. The van der Waals surface area contributed by atoms with Crippen molar-refractivity contribution in [2.75, 3.05) is 18.2 Å². The fourth-order valence-corrected chi connectivity index (χ4v) is 3.64. The number of amides is 1. The van der Waals surface area contributed by atoms with Gasteiger partial charge in [0.05, 0.1) is 35.8 Å². The van der Waals surface area contributed by atoms with Crippen molar-refractivity contribution in [3.8, 4) is 11.4 Å². The number of anilines is 1.